The van der Waals surface area contributed by atoms with Crippen LogP contribution in [0.15, 0.2) is 45.6 Å². The molecule has 0 atom stereocenters. The molecule has 0 spiro atoms. The average Bonchev–Trinajstić information content (AvgIpc) is 2.31. The number of aromatic nitrogens is 1. The summed E-state index contributed by atoms with van der Waals surface area (Å²) in [5.74, 6) is 2.00. The SMILES string of the molecule is CC(C)c1cc(Br)ccc1Oc1cncc(Br)c1. The normalized spacial score (nSPS) is 10.7. The lowest BCUT2D eigenvalue weighted by molar-refractivity contribution is 0.470. The lowest BCUT2D eigenvalue weighted by Gasteiger charge is -2.14. The van der Waals surface area contributed by atoms with Crippen LogP contribution in [0.5, 0.6) is 11.5 Å². The van der Waals surface area contributed by atoms with Crippen LogP contribution in [-0.4, -0.2) is 4.98 Å². The quantitative estimate of drug-likeness (QED) is 0.709. The Balaban J connectivity index is 2.34. The zero-order chi connectivity index (χ0) is 13.1. The summed E-state index contributed by atoms with van der Waals surface area (Å²) in [6.07, 6.45) is 3.44. The van der Waals surface area contributed by atoms with Gasteiger partial charge in [0.25, 0.3) is 0 Å². The summed E-state index contributed by atoms with van der Waals surface area (Å²) in [5.41, 5.74) is 1.17. The highest BCUT2D eigenvalue weighted by atomic mass is 79.9. The summed E-state index contributed by atoms with van der Waals surface area (Å²) < 4.78 is 7.86. The number of rotatable bonds is 3. The van der Waals surface area contributed by atoms with Gasteiger partial charge in [-0.1, -0.05) is 29.8 Å². The fourth-order valence-electron chi connectivity index (χ4n) is 1.64. The van der Waals surface area contributed by atoms with Crippen molar-refractivity contribution in [1.82, 2.24) is 4.98 Å². The highest BCUT2D eigenvalue weighted by Crippen LogP contribution is 2.33. The zero-order valence-corrected chi connectivity index (χ0v) is 13.3. The van der Waals surface area contributed by atoms with Crippen LogP contribution < -0.4 is 4.74 Å². The molecule has 0 radical (unpaired) electrons. The summed E-state index contributed by atoms with van der Waals surface area (Å²) in [5, 5.41) is 0. The number of ether oxygens (including phenoxy) is 1. The summed E-state index contributed by atoms with van der Waals surface area (Å²) in [6, 6.07) is 7.94. The van der Waals surface area contributed by atoms with E-state index in [2.05, 4.69) is 56.8 Å². The Kier molecular flexibility index (Phi) is 4.40. The van der Waals surface area contributed by atoms with Crippen LogP contribution in [0.1, 0.15) is 25.3 Å². The van der Waals surface area contributed by atoms with E-state index >= 15 is 0 Å². The fraction of sp³-hybridized carbons (Fsp3) is 0.214. The molecule has 1 heterocycles. The molecule has 0 aliphatic rings. The van der Waals surface area contributed by atoms with Crippen molar-refractivity contribution in [3.8, 4) is 11.5 Å². The molecule has 0 aliphatic carbocycles. The average molecular weight is 371 g/mol. The summed E-state index contributed by atoms with van der Waals surface area (Å²) >= 11 is 6.87. The van der Waals surface area contributed by atoms with E-state index in [4.69, 9.17) is 4.74 Å². The Morgan fingerprint density at radius 1 is 1.06 bits per heavy atom. The van der Waals surface area contributed by atoms with Crippen molar-refractivity contribution in [2.45, 2.75) is 19.8 Å². The Morgan fingerprint density at radius 2 is 1.83 bits per heavy atom. The van der Waals surface area contributed by atoms with Gasteiger partial charge in [-0.05, 0) is 51.7 Å². The van der Waals surface area contributed by atoms with Gasteiger partial charge in [0.2, 0.25) is 0 Å². The predicted molar refractivity (Wildman–Crippen MR) is 80.2 cm³/mol. The number of pyridine rings is 1. The molecule has 0 saturated carbocycles. The molecule has 18 heavy (non-hydrogen) atoms. The number of halogens is 2. The molecule has 2 rings (SSSR count). The Bertz CT molecular complexity index is 555. The van der Waals surface area contributed by atoms with Crippen molar-refractivity contribution in [3.63, 3.8) is 0 Å². The molecule has 0 unspecified atom stereocenters. The predicted octanol–water partition coefficient (Wildman–Crippen LogP) is 5.52. The first-order valence-electron chi connectivity index (χ1n) is 5.64. The van der Waals surface area contributed by atoms with E-state index in [1.54, 1.807) is 12.4 Å². The molecule has 0 bridgehead atoms. The fourth-order valence-corrected chi connectivity index (χ4v) is 2.36. The van der Waals surface area contributed by atoms with Crippen molar-refractivity contribution < 1.29 is 4.74 Å². The van der Waals surface area contributed by atoms with Gasteiger partial charge in [0.05, 0.1) is 6.20 Å². The van der Waals surface area contributed by atoms with Gasteiger partial charge < -0.3 is 4.74 Å². The van der Waals surface area contributed by atoms with Gasteiger partial charge in [0.15, 0.2) is 0 Å². The van der Waals surface area contributed by atoms with Crippen LogP contribution in [0.2, 0.25) is 0 Å². The van der Waals surface area contributed by atoms with Crippen LogP contribution in [-0.2, 0) is 0 Å². The minimum absolute atomic E-state index is 0.401. The molecular weight excluding hydrogens is 358 g/mol. The first-order valence-corrected chi connectivity index (χ1v) is 7.22. The Morgan fingerprint density at radius 3 is 2.50 bits per heavy atom. The molecule has 0 N–H and O–H groups in total. The molecule has 2 aromatic rings. The van der Waals surface area contributed by atoms with Gasteiger partial charge in [-0.2, -0.15) is 0 Å². The molecule has 1 aromatic heterocycles. The van der Waals surface area contributed by atoms with E-state index in [9.17, 15) is 0 Å². The third kappa shape index (κ3) is 3.33. The molecule has 0 aliphatic heterocycles. The van der Waals surface area contributed by atoms with Gasteiger partial charge in [0, 0.05) is 15.1 Å². The number of hydrogen-bond donors (Lipinski definition) is 0. The van der Waals surface area contributed by atoms with Gasteiger partial charge >= 0.3 is 0 Å². The van der Waals surface area contributed by atoms with E-state index < -0.39 is 0 Å². The van der Waals surface area contributed by atoms with Crippen molar-refractivity contribution in [3.05, 3.63) is 51.2 Å². The second-order valence-electron chi connectivity index (χ2n) is 4.28. The lowest BCUT2D eigenvalue weighted by atomic mass is 10.0. The summed E-state index contributed by atoms with van der Waals surface area (Å²) in [6.45, 7) is 4.29. The first-order chi connectivity index (χ1) is 8.56. The van der Waals surface area contributed by atoms with Crippen molar-refractivity contribution in [2.24, 2.45) is 0 Å². The molecule has 1 aromatic carbocycles. The van der Waals surface area contributed by atoms with E-state index in [0.29, 0.717) is 5.92 Å². The third-order valence-electron chi connectivity index (χ3n) is 2.50. The van der Waals surface area contributed by atoms with Gasteiger partial charge in [-0.3, -0.25) is 4.98 Å². The largest absolute Gasteiger partial charge is 0.455 e. The standard InChI is InChI=1S/C14H13Br2NO/c1-9(2)13-6-10(15)3-4-14(13)18-12-5-11(16)7-17-8-12/h3-9H,1-2H3. The minimum Gasteiger partial charge on any atom is -0.455 e. The molecule has 94 valence electrons. The van der Waals surface area contributed by atoms with Crippen LogP contribution in [0.3, 0.4) is 0 Å². The first kappa shape index (κ1) is 13.6. The zero-order valence-electron chi connectivity index (χ0n) is 10.2. The molecular formula is C14H13Br2NO. The van der Waals surface area contributed by atoms with Crippen LogP contribution in [0.4, 0.5) is 0 Å². The van der Waals surface area contributed by atoms with Gasteiger partial charge in [-0.15, -0.1) is 0 Å². The molecule has 0 saturated heterocycles. The van der Waals surface area contributed by atoms with Gasteiger partial charge in [-0.25, -0.2) is 0 Å². The van der Waals surface area contributed by atoms with E-state index in [0.717, 1.165) is 20.4 Å². The number of nitrogens with zero attached hydrogens (tertiary/aromatic N) is 1. The summed E-state index contributed by atoms with van der Waals surface area (Å²) in [7, 11) is 0. The highest BCUT2D eigenvalue weighted by molar-refractivity contribution is 9.10. The van der Waals surface area contributed by atoms with Crippen molar-refractivity contribution in [1.29, 1.82) is 0 Å². The minimum atomic E-state index is 0.401. The Labute approximate surface area is 124 Å². The topological polar surface area (TPSA) is 22.1 Å². The van der Waals surface area contributed by atoms with E-state index in [1.165, 1.54) is 5.56 Å². The van der Waals surface area contributed by atoms with E-state index in [1.807, 2.05) is 18.2 Å². The second kappa shape index (κ2) is 5.85. The second-order valence-corrected chi connectivity index (χ2v) is 6.11. The maximum absolute atomic E-state index is 5.89. The Hall–Kier alpha value is -0.870. The van der Waals surface area contributed by atoms with Gasteiger partial charge in [0.1, 0.15) is 11.5 Å². The summed E-state index contributed by atoms with van der Waals surface area (Å²) in [4.78, 5) is 4.09. The van der Waals surface area contributed by atoms with E-state index in [-0.39, 0.29) is 0 Å². The number of hydrogen-bond acceptors (Lipinski definition) is 2. The van der Waals surface area contributed by atoms with Crippen LogP contribution in [0.25, 0.3) is 0 Å². The maximum Gasteiger partial charge on any atom is 0.146 e. The highest BCUT2D eigenvalue weighted by Gasteiger charge is 2.09. The van der Waals surface area contributed by atoms with Crippen LogP contribution in [0, 0.1) is 0 Å². The van der Waals surface area contributed by atoms with Crippen molar-refractivity contribution in [2.75, 3.05) is 0 Å². The monoisotopic (exact) mass is 369 g/mol. The smallest absolute Gasteiger partial charge is 0.146 e. The van der Waals surface area contributed by atoms with Crippen molar-refractivity contribution >= 4 is 31.9 Å². The lowest BCUT2D eigenvalue weighted by Crippen LogP contribution is -1.94. The van der Waals surface area contributed by atoms with Crippen LogP contribution >= 0.6 is 31.9 Å². The molecule has 4 heteroatoms. The molecule has 0 amide bonds. The third-order valence-corrected chi connectivity index (χ3v) is 3.43. The maximum atomic E-state index is 5.89. The molecule has 0 fully saturated rings. The number of benzene rings is 1. The molecule has 2 nitrogen and oxygen atoms in total.